The van der Waals surface area contributed by atoms with Crippen LogP contribution in [0, 0.1) is 6.92 Å². The number of aromatic nitrogens is 2. The van der Waals surface area contributed by atoms with Crippen LogP contribution < -0.4 is 4.74 Å². The highest BCUT2D eigenvalue weighted by atomic mass is 16.6. The van der Waals surface area contributed by atoms with Gasteiger partial charge in [-0.3, -0.25) is 4.98 Å². The molecule has 1 fully saturated rings. The molecular formula is C21H25N3O4. The summed E-state index contributed by atoms with van der Waals surface area (Å²) in [6.45, 7) is 5.46. The Kier molecular flexibility index (Phi) is 5.34. The van der Waals surface area contributed by atoms with Crippen LogP contribution in [-0.4, -0.2) is 60.6 Å². The number of methoxy groups -OCH3 is 1. The molecule has 3 heterocycles. The molecular weight excluding hydrogens is 358 g/mol. The van der Waals surface area contributed by atoms with Gasteiger partial charge in [0.2, 0.25) is 0 Å². The first-order valence-electron chi connectivity index (χ1n) is 9.60. The van der Waals surface area contributed by atoms with Crippen LogP contribution in [-0.2, 0) is 16.0 Å². The summed E-state index contributed by atoms with van der Waals surface area (Å²) in [5, 5.41) is 2.35. The van der Waals surface area contributed by atoms with Crippen LogP contribution >= 0.6 is 0 Å². The van der Waals surface area contributed by atoms with Crippen molar-refractivity contribution in [1.82, 2.24) is 14.5 Å². The quantitative estimate of drug-likeness (QED) is 0.632. The number of amides is 1. The SMILES string of the molecule is COc1ccc2c3ccnc(C)c3n(CCCOC(=O)N3CCOCC3)c2c1. The maximum absolute atomic E-state index is 12.1. The van der Waals surface area contributed by atoms with Crippen LogP contribution in [0.25, 0.3) is 21.8 Å². The molecule has 7 heteroatoms. The molecule has 1 aliphatic rings. The Labute approximate surface area is 163 Å². The van der Waals surface area contributed by atoms with Gasteiger partial charge in [0.1, 0.15) is 5.75 Å². The number of morpholine rings is 1. The highest BCUT2D eigenvalue weighted by Crippen LogP contribution is 2.32. The van der Waals surface area contributed by atoms with Gasteiger partial charge in [0, 0.05) is 42.7 Å². The van der Waals surface area contributed by atoms with E-state index in [9.17, 15) is 4.79 Å². The topological polar surface area (TPSA) is 65.8 Å². The van der Waals surface area contributed by atoms with Gasteiger partial charge in [-0.25, -0.2) is 4.79 Å². The Bertz CT molecular complexity index is 992. The minimum absolute atomic E-state index is 0.259. The Morgan fingerprint density at radius 2 is 2.04 bits per heavy atom. The first kappa shape index (κ1) is 18.6. The summed E-state index contributed by atoms with van der Waals surface area (Å²) in [6.07, 6.45) is 2.31. The monoisotopic (exact) mass is 383 g/mol. The second-order valence-corrected chi connectivity index (χ2v) is 6.89. The van der Waals surface area contributed by atoms with Gasteiger partial charge in [0.25, 0.3) is 0 Å². The number of hydrogen-bond donors (Lipinski definition) is 0. The molecule has 1 saturated heterocycles. The Morgan fingerprint density at radius 1 is 1.21 bits per heavy atom. The predicted molar refractivity (Wildman–Crippen MR) is 107 cm³/mol. The standard InChI is InChI=1S/C21H25N3O4/c1-15-20-18(6-7-22-15)17-5-4-16(26-2)14-19(17)24(20)8-3-11-28-21(25)23-9-12-27-13-10-23/h4-7,14H,3,8-13H2,1-2H3. The maximum Gasteiger partial charge on any atom is 0.409 e. The van der Waals surface area contributed by atoms with Gasteiger partial charge in [0.05, 0.1) is 43.7 Å². The lowest BCUT2D eigenvalue weighted by Crippen LogP contribution is -2.41. The molecule has 148 valence electrons. The van der Waals surface area contributed by atoms with Gasteiger partial charge in [-0.2, -0.15) is 0 Å². The molecule has 0 radical (unpaired) electrons. The van der Waals surface area contributed by atoms with Crippen molar-refractivity contribution in [2.24, 2.45) is 0 Å². The van der Waals surface area contributed by atoms with Crippen molar-refractivity contribution in [1.29, 1.82) is 0 Å². The highest BCUT2D eigenvalue weighted by molar-refractivity contribution is 6.09. The van der Waals surface area contributed by atoms with Crippen LogP contribution in [0.15, 0.2) is 30.5 Å². The van der Waals surface area contributed by atoms with Gasteiger partial charge >= 0.3 is 6.09 Å². The molecule has 0 spiro atoms. The maximum atomic E-state index is 12.1. The van der Waals surface area contributed by atoms with Crippen molar-refractivity contribution < 1.29 is 19.0 Å². The second kappa shape index (κ2) is 8.06. The Hall–Kier alpha value is -2.80. The third-order valence-corrected chi connectivity index (χ3v) is 5.18. The summed E-state index contributed by atoms with van der Waals surface area (Å²) in [5.74, 6) is 0.820. The van der Waals surface area contributed by atoms with Gasteiger partial charge in [-0.1, -0.05) is 0 Å². The summed E-state index contributed by atoms with van der Waals surface area (Å²) >= 11 is 0. The molecule has 7 nitrogen and oxygen atoms in total. The lowest BCUT2D eigenvalue weighted by Gasteiger charge is -2.25. The number of hydrogen-bond acceptors (Lipinski definition) is 5. The van der Waals surface area contributed by atoms with Gasteiger partial charge < -0.3 is 23.7 Å². The number of pyridine rings is 1. The van der Waals surface area contributed by atoms with Gasteiger partial charge in [0.15, 0.2) is 0 Å². The van der Waals surface area contributed by atoms with Crippen molar-refractivity contribution in [3.05, 3.63) is 36.2 Å². The van der Waals surface area contributed by atoms with E-state index in [1.165, 1.54) is 10.8 Å². The first-order valence-corrected chi connectivity index (χ1v) is 9.60. The summed E-state index contributed by atoms with van der Waals surface area (Å²) in [7, 11) is 1.67. The van der Waals surface area contributed by atoms with Crippen LogP contribution in [0.1, 0.15) is 12.1 Å². The summed E-state index contributed by atoms with van der Waals surface area (Å²) in [6, 6.07) is 8.16. The minimum Gasteiger partial charge on any atom is -0.497 e. The van der Waals surface area contributed by atoms with Crippen molar-refractivity contribution in [3.8, 4) is 5.75 Å². The molecule has 1 aromatic carbocycles. The lowest BCUT2D eigenvalue weighted by atomic mass is 10.1. The molecule has 0 saturated carbocycles. The van der Waals surface area contributed by atoms with Crippen molar-refractivity contribution >= 4 is 27.9 Å². The Morgan fingerprint density at radius 3 is 2.82 bits per heavy atom. The second-order valence-electron chi connectivity index (χ2n) is 6.89. The molecule has 0 aliphatic carbocycles. The van der Waals surface area contributed by atoms with Crippen LogP contribution in [0.2, 0.25) is 0 Å². The average molecular weight is 383 g/mol. The smallest absolute Gasteiger partial charge is 0.409 e. The Balaban J connectivity index is 1.52. The first-order chi connectivity index (χ1) is 13.7. The van der Waals surface area contributed by atoms with Crippen molar-refractivity contribution in [3.63, 3.8) is 0 Å². The van der Waals surface area contributed by atoms with E-state index in [1.807, 2.05) is 25.3 Å². The fraction of sp³-hybridized carbons (Fsp3) is 0.429. The molecule has 1 amide bonds. The number of ether oxygens (including phenoxy) is 3. The number of carbonyl (C=O) groups is 1. The fourth-order valence-electron chi connectivity index (χ4n) is 3.78. The molecule has 0 unspecified atom stereocenters. The van der Waals surface area contributed by atoms with Crippen molar-refractivity contribution in [2.75, 3.05) is 40.0 Å². The molecule has 1 aliphatic heterocycles. The zero-order chi connectivity index (χ0) is 19.5. The molecule has 3 aromatic rings. The van der Waals surface area contributed by atoms with E-state index < -0.39 is 0 Å². The number of aryl methyl sites for hydroxylation is 2. The minimum atomic E-state index is -0.259. The average Bonchev–Trinajstić information content (AvgIpc) is 3.06. The third-order valence-electron chi connectivity index (χ3n) is 5.18. The molecule has 0 N–H and O–H groups in total. The highest BCUT2D eigenvalue weighted by Gasteiger charge is 2.18. The largest absolute Gasteiger partial charge is 0.497 e. The van der Waals surface area contributed by atoms with E-state index in [4.69, 9.17) is 14.2 Å². The molecule has 4 rings (SSSR count). The molecule has 28 heavy (non-hydrogen) atoms. The number of rotatable bonds is 5. The molecule has 0 atom stereocenters. The number of benzene rings is 1. The van der Waals surface area contributed by atoms with E-state index in [2.05, 4.69) is 21.7 Å². The molecule has 0 bridgehead atoms. The van der Waals surface area contributed by atoms with Crippen molar-refractivity contribution in [2.45, 2.75) is 19.9 Å². The fourth-order valence-corrected chi connectivity index (χ4v) is 3.78. The van der Waals surface area contributed by atoms with Gasteiger partial charge in [-0.05, 0) is 31.5 Å². The summed E-state index contributed by atoms with van der Waals surface area (Å²) < 4.78 is 18.4. The molecule has 2 aromatic heterocycles. The van der Waals surface area contributed by atoms with Crippen LogP contribution in [0.5, 0.6) is 5.75 Å². The number of carbonyl (C=O) groups excluding carboxylic acids is 1. The number of nitrogens with zero attached hydrogens (tertiary/aromatic N) is 3. The number of fused-ring (bicyclic) bond motifs is 3. The van der Waals surface area contributed by atoms with E-state index in [0.29, 0.717) is 32.9 Å². The summed E-state index contributed by atoms with van der Waals surface area (Å²) in [4.78, 5) is 18.3. The van der Waals surface area contributed by atoms with E-state index >= 15 is 0 Å². The van der Waals surface area contributed by atoms with E-state index in [1.54, 1.807) is 12.0 Å². The predicted octanol–water partition coefficient (Wildman–Crippen LogP) is 3.37. The van der Waals surface area contributed by atoms with Crippen LogP contribution in [0.3, 0.4) is 0 Å². The van der Waals surface area contributed by atoms with E-state index in [0.717, 1.165) is 35.4 Å². The summed E-state index contributed by atoms with van der Waals surface area (Å²) in [5.41, 5.74) is 3.20. The zero-order valence-corrected chi connectivity index (χ0v) is 16.3. The van der Waals surface area contributed by atoms with Gasteiger partial charge in [-0.15, -0.1) is 0 Å². The van der Waals surface area contributed by atoms with Crippen LogP contribution in [0.4, 0.5) is 4.79 Å². The zero-order valence-electron chi connectivity index (χ0n) is 16.3. The van der Waals surface area contributed by atoms with E-state index in [-0.39, 0.29) is 6.09 Å². The normalized spacial score (nSPS) is 14.6. The third kappa shape index (κ3) is 3.49. The lowest BCUT2D eigenvalue weighted by molar-refractivity contribution is 0.0267.